The minimum Gasteiger partial charge on any atom is -0.486 e. The second-order valence-corrected chi connectivity index (χ2v) is 3.80. The predicted molar refractivity (Wildman–Crippen MR) is 61.9 cm³/mol. The molecule has 0 spiro atoms. The molecular weight excluding hydrogens is 222 g/mol. The molecule has 2 aromatic rings. The van der Waals surface area contributed by atoms with Gasteiger partial charge in [-0.25, -0.2) is 8.78 Å². The van der Waals surface area contributed by atoms with Crippen LogP contribution in [-0.4, -0.2) is 0 Å². The fourth-order valence-electron chi connectivity index (χ4n) is 1.47. The topological polar surface area (TPSA) is 9.23 Å². The van der Waals surface area contributed by atoms with Gasteiger partial charge in [0.1, 0.15) is 12.4 Å². The molecular formula is C14H12F2O. The molecule has 2 aromatic carbocycles. The minimum atomic E-state index is -0.352. The first-order valence-corrected chi connectivity index (χ1v) is 5.29. The quantitative estimate of drug-likeness (QED) is 0.783. The zero-order valence-electron chi connectivity index (χ0n) is 9.41. The Kier molecular flexibility index (Phi) is 3.38. The summed E-state index contributed by atoms with van der Waals surface area (Å²) in [6.45, 7) is 1.90. The Morgan fingerprint density at radius 1 is 1.00 bits per heavy atom. The fourth-order valence-corrected chi connectivity index (χ4v) is 1.47. The van der Waals surface area contributed by atoms with E-state index in [1.54, 1.807) is 37.3 Å². The van der Waals surface area contributed by atoms with Crippen LogP contribution in [0, 0.1) is 18.6 Å². The fraction of sp³-hybridized carbons (Fsp3) is 0.143. The molecule has 0 aliphatic carbocycles. The molecule has 0 N–H and O–H groups in total. The normalized spacial score (nSPS) is 10.3. The Labute approximate surface area is 98.7 Å². The summed E-state index contributed by atoms with van der Waals surface area (Å²) in [6.07, 6.45) is 0. The van der Waals surface area contributed by atoms with Crippen molar-refractivity contribution >= 4 is 0 Å². The Hall–Kier alpha value is -1.90. The van der Waals surface area contributed by atoms with Gasteiger partial charge in [-0.2, -0.15) is 0 Å². The average molecular weight is 234 g/mol. The van der Waals surface area contributed by atoms with Gasteiger partial charge >= 0.3 is 0 Å². The van der Waals surface area contributed by atoms with Crippen molar-refractivity contribution in [3.05, 3.63) is 65.2 Å². The van der Waals surface area contributed by atoms with Gasteiger partial charge in [-0.15, -0.1) is 0 Å². The SMILES string of the molecule is Cc1cccc(OCc2ccc(F)cc2)c1F. The van der Waals surface area contributed by atoms with E-state index in [0.29, 0.717) is 5.56 Å². The van der Waals surface area contributed by atoms with E-state index in [9.17, 15) is 8.78 Å². The van der Waals surface area contributed by atoms with Crippen LogP contribution in [0.4, 0.5) is 8.78 Å². The Bertz CT molecular complexity index is 506. The summed E-state index contributed by atoms with van der Waals surface area (Å²) >= 11 is 0. The standard InChI is InChI=1S/C14H12F2O/c1-10-3-2-4-13(14(10)16)17-9-11-5-7-12(15)8-6-11/h2-8H,9H2,1H3. The highest BCUT2D eigenvalue weighted by molar-refractivity contribution is 5.30. The van der Waals surface area contributed by atoms with Crippen LogP contribution in [0.2, 0.25) is 0 Å². The summed E-state index contributed by atoms with van der Waals surface area (Å²) < 4.78 is 31.6. The number of halogens is 2. The van der Waals surface area contributed by atoms with Gasteiger partial charge in [0.25, 0.3) is 0 Å². The Balaban J connectivity index is 2.07. The number of hydrogen-bond acceptors (Lipinski definition) is 1. The van der Waals surface area contributed by atoms with Crippen LogP contribution in [0.3, 0.4) is 0 Å². The molecule has 0 saturated carbocycles. The van der Waals surface area contributed by atoms with E-state index in [4.69, 9.17) is 4.74 Å². The zero-order valence-corrected chi connectivity index (χ0v) is 9.41. The first kappa shape index (κ1) is 11.6. The second kappa shape index (κ2) is 4.95. The molecule has 0 saturated heterocycles. The van der Waals surface area contributed by atoms with Crippen LogP contribution in [0.15, 0.2) is 42.5 Å². The zero-order chi connectivity index (χ0) is 12.3. The van der Waals surface area contributed by atoms with E-state index < -0.39 is 0 Å². The van der Waals surface area contributed by atoms with Gasteiger partial charge in [0.15, 0.2) is 11.6 Å². The van der Waals surface area contributed by atoms with Gasteiger partial charge in [-0.05, 0) is 36.2 Å². The molecule has 0 heterocycles. The first-order chi connectivity index (χ1) is 8.16. The molecule has 1 nitrogen and oxygen atoms in total. The van der Waals surface area contributed by atoms with E-state index >= 15 is 0 Å². The van der Waals surface area contributed by atoms with Crippen molar-refractivity contribution in [3.63, 3.8) is 0 Å². The van der Waals surface area contributed by atoms with Crippen LogP contribution in [0.5, 0.6) is 5.75 Å². The summed E-state index contributed by atoms with van der Waals surface area (Å²) in [5, 5.41) is 0. The third-order valence-corrected chi connectivity index (χ3v) is 2.46. The summed E-state index contributed by atoms with van der Waals surface area (Å²) in [5.41, 5.74) is 1.34. The molecule has 0 aromatic heterocycles. The molecule has 0 fully saturated rings. The summed E-state index contributed by atoms with van der Waals surface area (Å²) in [6, 6.07) is 10.9. The summed E-state index contributed by atoms with van der Waals surface area (Å²) in [4.78, 5) is 0. The minimum absolute atomic E-state index is 0.217. The van der Waals surface area contributed by atoms with E-state index in [1.165, 1.54) is 12.1 Å². The van der Waals surface area contributed by atoms with E-state index in [2.05, 4.69) is 0 Å². The molecule has 0 unspecified atom stereocenters. The van der Waals surface area contributed by atoms with Gasteiger partial charge in [0, 0.05) is 0 Å². The molecule has 88 valence electrons. The largest absolute Gasteiger partial charge is 0.486 e. The third-order valence-electron chi connectivity index (χ3n) is 2.46. The van der Waals surface area contributed by atoms with Gasteiger partial charge in [-0.3, -0.25) is 0 Å². The summed E-state index contributed by atoms with van der Waals surface area (Å²) in [7, 11) is 0. The van der Waals surface area contributed by atoms with Crippen molar-refractivity contribution < 1.29 is 13.5 Å². The molecule has 3 heteroatoms. The maximum Gasteiger partial charge on any atom is 0.167 e. The molecule has 2 rings (SSSR count). The van der Waals surface area contributed by atoms with Crippen molar-refractivity contribution in [2.75, 3.05) is 0 Å². The maximum absolute atomic E-state index is 13.6. The van der Waals surface area contributed by atoms with Gasteiger partial charge in [0.2, 0.25) is 0 Å². The number of hydrogen-bond donors (Lipinski definition) is 0. The van der Waals surface area contributed by atoms with Crippen molar-refractivity contribution in [2.24, 2.45) is 0 Å². The van der Waals surface area contributed by atoms with E-state index in [1.807, 2.05) is 0 Å². The monoisotopic (exact) mass is 234 g/mol. The molecule has 0 atom stereocenters. The molecule has 17 heavy (non-hydrogen) atoms. The van der Waals surface area contributed by atoms with Crippen LogP contribution in [-0.2, 0) is 6.61 Å². The first-order valence-electron chi connectivity index (χ1n) is 5.29. The number of ether oxygens (including phenoxy) is 1. The van der Waals surface area contributed by atoms with Crippen molar-refractivity contribution in [3.8, 4) is 5.75 Å². The lowest BCUT2D eigenvalue weighted by Crippen LogP contribution is -1.98. The lowest BCUT2D eigenvalue weighted by atomic mass is 10.2. The Morgan fingerprint density at radius 2 is 1.71 bits per heavy atom. The average Bonchev–Trinajstić information content (AvgIpc) is 2.33. The van der Waals surface area contributed by atoms with Gasteiger partial charge in [0.05, 0.1) is 0 Å². The number of benzene rings is 2. The molecule has 0 aliphatic heterocycles. The van der Waals surface area contributed by atoms with Crippen LogP contribution < -0.4 is 4.74 Å². The van der Waals surface area contributed by atoms with Crippen LogP contribution in [0.1, 0.15) is 11.1 Å². The Morgan fingerprint density at radius 3 is 2.41 bits per heavy atom. The lowest BCUT2D eigenvalue weighted by molar-refractivity contribution is 0.289. The van der Waals surface area contributed by atoms with Crippen molar-refractivity contribution in [2.45, 2.75) is 13.5 Å². The van der Waals surface area contributed by atoms with E-state index in [0.717, 1.165) is 5.56 Å². The molecule has 0 bridgehead atoms. The lowest BCUT2D eigenvalue weighted by Gasteiger charge is -2.08. The summed E-state index contributed by atoms with van der Waals surface area (Å²) in [5.74, 6) is -0.431. The van der Waals surface area contributed by atoms with Crippen molar-refractivity contribution in [1.29, 1.82) is 0 Å². The second-order valence-electron chi connectivity index (χ2n) is 3.80. The highest BCUT2D eigenvalue weighted by Crippen LogP contribution is 2.20. The predicted octanol–water partition coefficient (Wildman–Crippen LogP) is 3.85. The number of rotatable bonds is 3. The van der Waals surface area contributed by atoms with Crippen LogP contribution in [0.25, 0.3) is 0 Å². The molecule has 0 radical (unpaired) electrons. The van der Waals surface area contributed by atoms with Gasteiger partial charge < -0.3 is 4.74 Å². The van der Waals surface area contributed by atoms with Gasteiger partial charge in [-0.1, -0.05) is 24.3 Å². The van der Waals surface area contributed by atoms with E-state index in [-0.39, 0.29) is 24.0 Å². The smallest absolute Gasteiger partial charge is 0.167 e. The third kappa shape index (κ3) is 2.81. The number of aryl methyl sites for hydroxylation is 1. The highest BCUT2D eigenvalue weighted by atomic mass is 19.1. The van der Waals surface area contributed by atoms with Crippen molar-refractivity contribution in [1.82, 2.24) is 0 Å². The van der Waals surface area contributed by atoms with Crippen LogP contribution >= 0.6 is 0 Å². The maximum atomic E-state index is 13.6. The molecule has 0 aliphatic rings. The highest BCUT2D eigenvalue weighted by Gasteiger charge is 2.05. The molecule has 0 amide bonds.